The average molecular weight is 529 g/mol. The highest BCUT2D eigenvalue weighted by Crippen LogP contribution is 2.44. The second kappa shape index (κ2) is 7.33. The molecular formula is C31H17BrN2O2. The quantitative estimate of drug-likeness (QED) is 0.239. The van der Waals surface area contributed by atoms with Gasteiger partial charge < -0.3 is 0 Å². The first-order valence-corrected chi connectivity index (χ1v) is 12.3. The zero-order valence-corrected chi connectivity index (χ0v) is 20.6. The first-order valence-electron chi connectivity index (χ1n) is 11.5. The van der Waals surface area contributed by atoms with Crippen molar-refractivity contribution in [1.82, 2.24) is 9.78 Å². The van der Waals surface area contributed by atoms with Crippen LogP contribution in [0, 0.1) is 0 Å². The lowest BCUT2D eigenvalue weighted by Gasteiger charge is -2.21. The van der Waals surface area contributed by atoms with Gasteiger partial charge in [0, 0.05) is 48.5 Å². The molecule has 0 N–H and O–H groups in total. The van der Waals surface area contributed by atoms with Gasteiger partial charge in [-0.1, -0.05) is 83.7 Å². The molecule has 0 amide bonds. The molecule has 4 aromatic carbocycles. The van der Waals surface area contributed by atoms with E-state index in [9.17, 15) is 9.59 Å². The molecule has 0 saturated carbocycles. The van der Waals surface area contributed by atoms with Crippen LogP contribution in [-0.4, -0.2) is 21.3 Å². The van der Waals surface area contributed by atoms with Crippen molar-refractivity contribution in [1.29, 1.82) is 0 Å². The number of nitrogens with zero attached hydrogens (tertiary/aromatic N) is 2. The Morgan fingerprint density at radius 2 is 1.44 bits per heavy atom. The van der Waals surface area contributed by atoms with Gasteiger partial charge in [0.25, 0.3) is 0 Å². The Bertz CT molecular complexity index is 1920. The number of hydrogen-bond donors (Lipinski definition) is 0. The Labute approximate surface area is 215 Å². The van der Waals surface area contributed by atoms with Crippen LogP contribution in [0.25, 0.3) is 44.1 Å². The minimum Gasteiger partial charge on any atom is -0.289 e. The number of carbonyl (C=O) groups is 2. The molecule has 0 bridgehead atoms. The third kappa shape index (κ3) is 2.55. The zero-order chi connectivity index (χ0) is 24.7. The molecule has 0 atom stereocenters. The Balaban J connectivity index is 1.58. The number of halogens is 1. The van der Waals surface area contributed by atoms with Crippen molar-refractivity contribution < 1.29 is 9.59 Å². The maximum Gasteiger partial charge on any atom is 0.194 e. The molecule has 0 saturated heterocycles. The monoisotopic (exact) mass is 528 g/mol. The molecular weight excluding hydrogens is 512 g/mol. The van der Waals surface area contributed by atoms with Crippen molar-refractivity contribution in [2.24, 2.45) is 0 Å². The molecule has 0 fully saturated rings. The fraction of sp³-hybridized carbons (Fsp3) is 0. The maximum atomic E-state index is 13.5. The number of ketones is 2. The van der Waals surface area contributed by atoms with E-state index in [0.717, 1.165) is 43.0 Å². The summed E-state index contributed by atoms with van der Waals surface area (Å²) in [6.07, 6.45) is 3.24. The third-order valence-corrected chi connectivity index (χ3v) is 7.65. The lowest BCUT2D eigenvalue weighted by molar-refractivity contribution is 0.103. The van der Waals surface area contributed by atoms with Crippen LogP contribution in [0.4, 0.5) is 0 Å². The lowest BCUT2D eigenvalue weighted by atomic mass is 9.82. The summed E-state index contributed by atoms with van der Waals surface area (Å²) >= 11 is 3.50. The number of carbonyl (C=O) groups excluding carboxylic acids is 2. The minimum absolute atomic E-state index is 0.00543. The number of benzene rings is 4. The van der Waals surface area contributed by atoms with Gasteiger partial charge >= 0.3 is 0 Å². The highest BCUT2D eigenvalue weighted by atomic mass is 79.9. The number of Topliss-reactive ketones (excluding diaryl/α,β-unsaturated/α-hetero) is 1. The number of fused-ring (bicyclic) bond motifs is 2. The van der Waals surface area contributed by atoms with Crippen molar-refractivity contribution in [2.45, 2.75) is 0 Å². The predicted molar refractivity (Wildman–Crippen MR) is 147 cm³/mol. The van der Waals surface area contributed by atoms with Crippen LogP contribution in [-0.2, 0) is 0 Å². The highest BCUT2D eigenvalue weighted by Gasteiger charge is 2.30. The Morgan fingerprint density at radius 1 is 0.722 bits per heavy atom. The summed E-state index contributed by atoms with van der Waals surface area (Å²) in [5.74, 6) is -0.0753. The number of aromatic nitrogens is 2. The first-order chi connectivity index (χ1) is 17.5. The Morgan fingerprint density at radius 3 is 2.22 bits per heavy atom. The molecule has 4 nitrogen and oxygen atoms in total. The van der Waals surface area contributed by atoms with E-state index in [-0.39, 0.29) is 11.6 Å². The molecule has 1 heterocycles. The standard InChI is InChI=1S/C31H17BrN2O2/c1-3-17-18(4-2)30(35)23-9-6-10-26-28(23)29(17)33-34(26)25-14-13-20-19-12-11-16(32)15-24(19)31(36)22-8-5-7-21(25)27(20)22/h3-15H,1-2H2. The summed E-state index contributed by atoms with van der Waals surface area (Å²) in [6.45, 7) is 7.78. The number of rotatable bonds is 3. The summed E-state index contributed by atoms with van der Waals surface area (Å²) in [5.41, 5.74) is 7.45. The van der Waals surface area contributed by atoms with E-state index in [1.807, 2.05) is 65.3 Å². The normalized spacial score (nSPS) is 13.9. The van der Waals surface area contributed by atoms with Crippen molar-refractivity contribution in [3.8, 4) is 16.8 Å². The van der Waals surface area contributed by atoms with Crippen molar-refractivity contribution in [2.75, 3.05) is 0 Å². The second-order valence-corrected chi connectivity index (χ2v) is 9.82. The molecule has 1 aromatic heterocycles. The van der Waals surface area contributed by atoms with Crippen LogP contribution in [0.3, 0.4) is 0 Å². The van der Waals surface area contributed by atoms with Crippen molar-refractivity contribution in [3.05, 3.63) is 124 Å². The van der Waals surface area contributed by atoms with Gasteiger partial charge in [-0.25, -0.2) is 4.68 Å². The van der Waals surface area contributed by atoms with E-state index < -0.39 is 0 Å². The van der Waals surface area contributed by atoms with E-state index >= 15 is 0 Å². The molecule has 5 aromatic rings. The molecule has 170 valence electrons. The molecule has 0 unspecified atom stereocenters. The Kier molecular flexibility index (Phi) is 4.27. The van der Waals surface area contributed by atoms with Crippen LogP contribution >= 0.6 is 15.9 Å². The van der Waals surface area contributed by atoms with Gasteiger partial charge in [-0.2, -0.15) is 5.10 Å². The van der Waals surface area contributed by atoms with E-state index in [0.29, 0.717) is 33.5 Å². The summed E-state index contributed by atoms with van der Waals surface area (Å²) in [6, 6.07) is 21.4. The van der Waals surface area contributed by atoms with E-state index in [1.165, 1.54) is 0 Å². The van der Waals surface area contributed by atoms with Gasteiger partial charge in [-0.05, 0) is 35.4 Å². The number of hydrogen-bond acceptors (Lipinski definition) is 3. The topological polar surface area (TPSA) is 52.0 Å². The molecule has 36 heavy (non-hydrogen) atoms. The van der Waals surface area contributed by atoms with Crippen LogP contribution in [0.5, 0.6) is 0 Å². The van der Waals surface area contributed by atoms with Crippen LogP contribution in [0.2, 0.25) is 0 Å². The molecule has 0 spiro atoms. The number of allylic oxidation sites excluding steroid dienone is 4. The van der Waals surface area contributed by atoms with Crippen LogP contribution in [0.1, 0.15) is 32.0 Å². The van der Waals surface area contributed by atoms with E-state index in [2.05, 4.69) is 35.2 Å². The molecule has 0 radical (unpaired) electrons. The van der Waals surface area contributed by atoms with Gasteiger partial charge in [0.15, 0.2) is 11.6 Å². The molecule has 5 heteroatoms. The van der Waals surface area contributed by atoms with Crippen molar-refractivity contribution >= 4 is 54.7 Å². The molecule has 2 aliphatic carbocycles. The van der Waals surface area contributed by atoms with Crippen LogP contribution < -0.4 is 0 Å². The molecule has 7 rings (SSSR count). The van der Waals surface area contributed by atoms with Crippen molar-refractivity contribution in [3.63, 3.8) is 0 Å². The highest BCUT2D eigenvalue weighted by molar-refractivity contribution is 9.10. The predicted octanol–water partition coefficient (Wildman–Crippen LogP) is 7.47. The van der Waals surface area contributed by atoms with Gasteiger partial charge in [-0.15, -0.1) is 0 Å². The maximum absolute atomic E-state index is 13.5. The SMILES string of the molecule is C=CC1=C(C=C)c2nn(-c3ccc4c5c(cccc35)C(=O)c3cc(Br)ccc3-4)c3cccc(c23)C1=O. The largest absolute Gasteiger partial charge is 0.289 e. The summed E-state index contributed by atoms with van der Waals surface area (Å²) in [7, 11) is 0. The van der Waals surface area contributed by atoms with Gasteiger partial charge in [0.2, 0.25) is 0 Å². The Hall–Kier alpha value is -4.35. The second-order valence-electron chi connectivity index (χ2n) is 8.90. The van der Waals surface area contributed by atoms with E-state index in [1.54, 1.807) is 12.2 Å². The first kappa shape index (κ1) is 21.0. The zero-order valence-electron chi connectivity index (χ0n) is 19.0. The molecule has 2 aliphatic rings. The smallest absolute Gasteiger partial charge is 0.194 e. The van der Waals surface area contributed by atoms with Gasteiger partial charge in [0.1, 0.15) is 5.69 Å². The fourth-order valence-corrected chi connectivity index (χ4v) is 5.97. The summed E-state index contributed by atoms with van der Waals surface area (Å²) in [4.78, 5) is 26.7. The molecule has 0 aliphatic heterocycles. The van der Waals surface area contributed by atoms with Crippen LogP contribution in [0.15, 0.2) is 102 Å². The summed E-state index contributed by atoms with van der Waals surface area (Å²) in [5, 5.41) is 7.63. The summed E-state index contributed by atoms with van der Waals surface area (Å²) < 4.78 is 2.75. The minimum atomic E-state index is -0.0807. The van der Waals surface area contributed by atoms with Gasteiger partial charge in [0.05, 0.1) is 11.2 Å². The third-order valence-electron chi connectivity index (χ3n) is 7.16. The van der Waals surface area contributed by atoms with Gasteiger partial charge in [-0.3, -0.25) is 9.59 Å². The fourth-order valence-electron chi connectivity index (χ4n) is 5.61. The van der Waals surface area contributed by atoms with E-state index in [4.69, 9.17) is 5.10 Å². The average Bonchev–Trinajstić information content (AvgIpc) is 3.28. The lowest BCUT2D eigenvalue weighted by Crippen LogP contribution is -2.11.